The number of carbonyl (C=O) groups is 3. The van der Waals surface area contributed by atoms with Gasteiger partial charge in [-0.25, -0.2) is 0 Å². The molecule has 29 heavy (non-hydrogen) atoms. The molecule has 148 valence electrons. The van der Waals surface area contributed by atoms with Crippen molar-refractivity contribution in [2.24, 2.45) is 0 Å². The minimum Gasteiger partial charge on any atom is -0.487 e. The molecule has 4 heterocycles. The van der Waals surface area contributed by atoms with Crippen molar-refractivity contribution in [3.05, 3.63) is 65.7 Å². The number of rotatable bonds is 4. The quantitative estimate of drug-likeness (QED) is 0.743. The number of fused-ring (bicyclic) bond motifs is 2. The first kappa shape index (κ1) is 17.5. The number of ether oxygens (including phenoxy) is 1. The van der Waals surface area contributed by atoms with Gasteiger partial charge >= 0.3 is 0 Å². The fourth-order valence-electron chi connectivity index (χ4n) is 4.09. The predicted octanol–water partition coefficient (Wildman–Crippen LogP) is 0.983. The molecule has 0 aliphatic carbocycles. The third-order valence-electron chi connectivity index (χ3n) is 5.54. The Hall–Kier alpha value is -3.55. The van der Waals surface area contributed by atoms with E-state index in [4.69, 9.17) is 4.74 Å². The number of hydrogen-bond acceptors (Lipinski definition) is 6. The molecule has 0 radical (unpaired) electrons. The number of imide groups is 1. The van der Waals surface area contributed by atoms with Crippen LogP contribution in [0.3, 0.4) is 0 Å². The molecule has 0 spiro atoms. The van der Waals surface area contributed by atoms with Crippen molar-refractivity contribution < 1.29 is 19.1 Å². The molecule has 2 unspecified atom stereocenters. The molecule has 1 fully saturated rings. The van der Waals surface area contributed by atoms with Crippen LogP contribution in [0.25, 0.3) is 0 Å². The Labute approximate surface area is 167 Å². The summed E-state index contributed by atoms with van der Waals surface area (Å²) in [6.45, 7) is 0.640. The van der Waals surface area contributed by atoms with Gasteiger partial charge in [0.1, 0.15) is 24.6 Å². The number of benzene rings is 1. The highest BCUT2D eigenvalue weighted by molar-refractivity contribution is 6.05. The Morgan fingerprint density at radius 3 is 2.90 bits per heavy atom. The van der Waals surface area contributed by atoms with Gasteiger partial charge in [0.15, 0.2) is 0 Å². The molecule has 0 saturated carbocycles. The summed E-state index contributed by atoms with van der Waals surface area (Å²) in [6.07, 6.45) is 10.7. The van der Waals surface area contributed by atoms with E-state index in [0.29, 0.717) is 30.9 Å². The van der Waals surface area contributed by atoms with Gasteiger partial charge in [0.25, 0.3) is 5.91 Å². The second kappa shape index (κ2) is 6.80. The van der Waals surface area contributed by atoms with Crippen LogP contribution < -0.4 is 15.4 Å². The third kappa shape index (κ3) is 3.06. The van der Waals surface area contributed by atoms with Crippen LogP contribution in [0.4, 0.5) is 0 Å². The van der Waals surface area contributed by atoms with Crippen LogP contribution in [0.5, 0.6) is 5.75 Å². The van der Waals surface area contributed by atoms with Gasteiger partial charge in [-0.3, -0.25) is 19.7 Å². The monoisotopic (exact) mass is 392 g/mol. The lowest BCUT2D eigenvalue weighted by molar-refractivity contribution is -0.136. The molecule has 0 aromatic heterocycles. The average molecular weight is 392 g/mol. The highest BCUT2D eigenvalue weighted by Crippen LogP contribution is 2.33. The fourth-order valence-corrected chi connectivity index (χ4v) is 4.09. The Kier molecular flexibility index (Phi) is 4.12. The van der Waals surface area contributed by atoms with Crippen LogP contribution in [0.1, 0.15) is 28.8 Å². The molecule has 8 heteroatoms. The molecule has 8 nitrogen and oxygen atoms in total. The summed E-state index contributed by atoms with van der Waals surface area (Å²) in [6, 6.07) is 4.74. The van der Waals surface area contributed by atoms with E-state index in [2.05, 4.69) is 21.6 Å². The maximum absolute atomic E-state index is 12.9. The third-order valence-corrected chi connectivity index (χ3v) is 5.54. The Morgan fingerprint density at radius 2 is 2.07 bits per heavy atom. The highest BCUT2D eigenvalue weighted by Gasteiger charge is 2.40. The first-order valence-electron chi connectivity index (χ1n) is 9.59. The summed E-state index contributed by atoms with van der Waals surface area (Å²) >= 11 is 0. The Balaban J connectivity index is 1.31. The van der Waals surface area contributed by atoms with Crippen molar-refractivity contribution in [3.8, 4) is 5.75 Å². The maximum atomic E-state index is 12.9. The van der Waals surface area contributed by atoms with E-state index in [-0.39, 0.29) is 24.4 Å². The number of nitrogens with zero attached hydrogens (tertiary/aromatic N) is 2. The van der Waals surface area contributed by atoms with E-state index in [1.54, 1.807) is 12.1 Å². The lowest BCUT2D eigenvalue weighted by atomic mass is 10.0. The molecule has 2 atom stereocenters. The smallest absolute Gasteiger partial charge is 0.255 e. The van der Waals surface area contributed by atoms with E-state index in [0.717, 1.165) is 11.3 Å². The molecule has 2 N–H and O–H groups in total. The van der Waals surface area contributed by atoms with Crippen LogP contribution in [0.2, 0.25) is 0 Å². The summed E-state index contributed by atoms with van der Waals surface area (Å²) in [7, 11) is 0. The molecule has 1 aromatic rings. The van der Waals surface area contributed by atoms with E-state index >= 15 is 0 Å². The van der Waals surface area contributed by atoms with Gasteiger partial charge in [0, 0.05) is 29.9 Å². The topological polar surface area (TPSA) is 91.0 Å². The second-order valence-corrected chi connectivity index (χ2v) is 7.39. The lowest BCUT2D eigenvalue weighted by Crippen LogP contribution is -2.52. The molecule has 1 saturated heterocycles. The zero-order chi connectivity index (χ0) is 20.0. The van der Waals surface area contributed by atoms with Crippen LogP contribution >= 0.6 is 0 Å². The molecule has 5 rings (SSSR count). The van der Waals surface area contributed by atoms with Crippen LogP contribution in [0, 0.1) is 0 Å². The van der Waals surface area contributed by atoms with E-state index in [9.17, 15) is 14.4 Å². The largest absolute Gasteiger partial charge is 0.487 e. The maximum Gasteiger partial charge on any atom is 0.255 e. The zero-order valence-electron chi connectivity index (χ0n) is 15.6. The van der Waals surface area contributed by atoms with Crippen LogP contribution in [-0.4, -0.2) is 46.3 Å². The van der Waals surface area contributed by atoms with Gasteiger partial charge in [-0.05, 0) is 30.7 Å². The van der Waals surface area contributed by atoms with Gasteiger partial charge in [0.05, 0.1) is 12.2 Å². The first-order valence-corrected chi connectivity index (χ1v) is 9.59. The molecule has 1 aromatic carbocycles. The standard InChI is InChI=1S/C21H20N4O4/c26-19-8-7-16(20(27)23-19)25-11-15-14(21(25)28)4-3-5-17(15)29-12-13-10-24-9-2-1-6-18(24)22-13/h1-6,9-10,16,18,22H,7-8,11-12H2,(H,23,26,27). The summed E-state index contributed by atoms with van der Waals surface area (Å²) in [5.74, 6) is -0.282. The SMILES string of the molecule is O=C1CCC(N2Cc3c(OCC4=CN5C=CC=CC5N4)cccc3C2=O)C(=O)N1. The fraction of sp³-hybridized carbons (Fsp3) is 0.286. The van der Waals surface area contributed by atoms with Crippen molar-refractivity contribution in [3.63, 3.8) is 0 Å². The minimum atomic E-state index is -0.630. The lowest BCUT2D eigenvalue weighted by Gasteiger charge is -2.29. The number of amides is 3. The van der Waals surface area contributed by atoms with Crippen molar-refractivity contribution in [1.82, 2.24) is 20.4 Å². The number of nitrogens with one attached hydrogen (secondary N) is 2. The Morgan fingerprint density at radius 1 is 1.17 bits per heavy atom. The van der Waals surface area contributed by atoms with Crippen molar-refractivity contribution in [2.45, 2.75) is 31.6 Å². The summed E-state index contributed by atoms with van der Waals surface area (Å²) in [5, 5.41) is 5.69. The summed E-state index contributed by atoms with van der Waals surface area (Å²) in [4.78, 5) is 40.1. The number of carbonyl (C=O) groups excluding carboxylic acids is 3. The Bertz CT molecular complexity index is 996. The molecule has 4 aliphatic heterocycles. The number of piperidine rings is 1. The van der Waals surface area contributed by atoms with E-state index < -0.39 is 11.9 Å². The van der Waals surface area contributed by atoms with Crippen molar-refractivity contribution in [2.75, 3.05) is 6.61 Å². The molecule has 3 amide bonds. The van der Waals surface area contributed by atoms with Gasteiger partial charge in [-0.2, -0.15) is 0 Å². The number of allylic oxidation sites excluding steroid dienone is 2. The molecular weight excluding hydrogens is 372 g/mol. The summed E-state index contributed by atoms with van der Waals surface area (Å²) in [5.41, 5.74) is 2.26. The highest BCUT2D eigenvalue weighted by atomic mass is 16.5. The second-order valence-electron chi connectivity index (χ2n) is 7.39. The van der Waals surface area contributed by atoms with E-state index in [1.807, 2.05) is 30.6 Å². The van der Waals surface area contributed by atoms with Crippen LogP contribution in [-0.2, 0) is 16.1 Å². The van der Waals surface area contributed by atoms with Crippen molar-refractivity contribution in [1.29, 1.82) is 0 Å². The van der Waals surface area contributed by atoms with Gasteiger partial charge in [0.2, 0.25) is 11.8 Å². The molecular formula is C21H20N4O4. The molecule has 0 bridgehead atoms. The minimum absolute atomic E-state index is 0.102. The summed E-state index contributed by atoms with van der Waals surface area (Å²) < 4.78 is 6.03. The number of hydrogen-bond donors (Lipinski definition) is 2. The van der Waals surface area contributed by atoms with Crippen LogP contribution in [0.15, 0.2) is 54.5 Å². The van der Waals surface area contributed by atoms with Crippen molar-refractivity contribution >= 4 is 17.7 Å². The normalized spacial score (nSPS) is 24.8. The van der Waals surface area contributed by atoms with Gasteiger partial charge in [-0.15, -0.1) is 0 Å². The van der Waals surface area contributed by atoms with E-state index in [1.165, 1.54) is 4.90 Å². The zero-order valence-corrected chi connectivity index (χ0v) is 15.6. The van der Waals surface area contributed by atoms with Gasteiger partial charge < -0.3 is 19.9 Å². The molecule has 4 aliphatic rings. The first-order chi connectivity index (χ1) is 14.1. The predicted molar refractivity (Wildman–Crippen MR) is 103 cm³/mol. The average Bonchev–Trinajstić information content (AvgIpc) is 3.28. The van der Waals surface area contributed by atoms with Gasteiger partial charge in [-0.1, -0.05) is 12.1 Å².